The van der Waals surface area contributed by atoms with Crippen LogP contribution in [0.15, 0.2) is 42.5 Å². The third kappa shape index (κ3) is 4.13. The van der Waals surface area contributed by atoms with Crippen molar-refractivity contribution in [2.75, 3.05) is 13.1 Å². The van der Waals surface area contributed by atoms with Crippen LogP contribution in [0, 0.1) is 12.8 Å². The largest absolute Gasteiger partial charge is 0.351 e. The van der Waals surface area contributed by atoms with Gasteiger partial charge in [-0.1, -0.05) is 30.3 Å². The lowest BCUT2D eigenvalue weighted by atomic mass is 9.85. The van der Waals surface area contributed by atoms with Gasteiger partial charge in [0.05, 0.1) is 0 Å². The van der Waals surface area contributed by atoms with Gasteiger partial charge in [0, 0.05) is 40.7 Å². The predicted octanol–water partition coefficient (Wildman–Crippen LogP) is 3.94. The summed E-state index contributed by atoms with van der Waals surface area (Å²) >= 11 is 1.88. The van der Waals surface area contributed by atoms with Crippen molar-refractivity contribution in [3.63, 3.8) is 0 Å². The van der Waals surface area contributed by atoms with Gasteiger partial charge in [0.1, 0.15) is 0 Å². The van der Waals surface area contributed by atoms with Crippen LogP contribution in [0.5, 0.6) is 0 Å². The van der Waals surface area contributed by atoms with Crippen LogP contribution in [0.2, 0.25) is 0 Å². The summed E-state index contributed by atoms with van der Waals surface area (Å²) in [7, 11) is 0. The van der Waals surface area contributed by atoms with E-state index in [1.165, 1.54) is 15.3 Å². The van der Waals surface area contributed by atoms with Crippen LogP contribution in [0.1, 0.15) is 40.5 Å². The van der Waals surface area contributed by atoms with E-state index >= 15 is 0 Å². The lowest BCUT2D eigenvalue weighted by molar-refractivity contribution is -0.123. The SMILES string of the molecule is Cc1ccc(CN2CC[C@@H](c3ccccc3)[C@@H](NC(=O)C3CC3)C2)s1. The van der Waals surface area contributed by atoms with Crippen LogP contribution in [0.4, 0.5) is 0 Å². The Kier molecular flexibility index (Phi) is 4.91. The fourth-order valence-corrected chi connectivity index (χ4v) is 4.78. The van der Waals surface area contributed by atoms with Gasteiger partial charge in [-0.05, 0) is 50.4 Å². The maximum atomic E-state index is 12.4. The molecule has 1 aromatic heterocycles. The molecule has 2 aliphatic rings. The standard InChI is InChI=1S/C21H26N2OS/c1-15-7-10-18(25-15)13-23-12-11-19(16-5-3-2-4-6-16)20(14-23)22-21(24)17-8-9-17/h2-7,10,17,19-20H,8-9,11-14H2,1H3,(H,22,24)/t19-,20-/m0/s1. The number of hydrogen-bond donors (Lipinski definition) is 1. The normalized spacial score (nSPS) is 24.2. The van der Waals surface area contributed by atoms with E-state index < -0.39 is 0 Å². The molecule has 0 unspecified atom stereocenters. The highest BCUT2D eigenvalue weighted by Crippen LogP contribution is 2.33. The summed E-state index contributed by atoms with van der Waals surface area (Å²) in [6, 6.07) is 15.3. The Morgan fingerprint density at radius 1 is 1.16 bits per heavy atom. The van der Waals surface area contributed by atoms with E-state index in [0.717, 1.165) is 38.9 Å². The molecule has 1 N–H and O–H groups in total. The van der Waals surface area contributed by atoms with Gasteiger partial charge >= 0.3 is 0 Å². The van der Waals surface area contributed by atoms with Crippen molar-refractivity contribution in [1.29, 1.82) is 0 Å². The topological polar surface area (TPSA) is 32.3 Å². The molecule has 1 aromatic carbocycles. The minimum atomic E-state index is 0.213. The molecule has 1 saturated carbocycles. The van der Waals surface area contributed by atoms with Gasteiger partial charge in [0.15, 0.2) is 0 Å². The molecule has 2 atom stereocenters. The summed E-state index contributed by atoms with van der Waals surface area (Å²) < 4.78 is 0. The first-order chi connectivity index (χ1) is 12.2. The zero-order valence-corrected chi connectivity index (χ0v) is 15.6. The second-order valence-electron chi connectivity index (χ2n) is 7.44. The van der Waals surface area contributed by atoms with E-state index in [1.807, 2.05) is 11.3 Å². The van der Waals surface area contributed by atoms with Crippen molar-refractivity contribution < 1.29 is 4.79 Å². The highest BCUT2D eigenvalue weighted by Gasteiger charge is 2.36. The Morgan fingerprint density at radius 2 is 1.96 bits per heavy atom. The van der Waals surface area contributed by atoms with E-state index in [1.54, 1.807) is 0 Å². The molecule has 3 nitrogen and oxygen atoms in total. The Balaban J connectivity index is 1.47. The number of nitrogens with one attached hydrogen (secondary N) is 1. The third-order valence-electron chi connectivity index (χ3n) is 5.38. The average Bonchev–Trinajstić information content (AvgIpc) is 3.39. The molecule has 1 saturated heterocycles. The van der Waals surface area contributed by atoms with Gasteiger partial charge in [-0.25, -0.2) is 0 Å². The van der Waals surface area contributed by atoms with Crippen molar-refractivity contribution in [3.8, 4) is 0 Å². The summed E-state index contributed by atoms with van der Waals surface area (Å²) in [6.45, 7) is 5.19. The van der Waals surface area contributed by atoms with Gasteiger partial charge in [0.2, 0.25) is 5.91 Å². The zero-order chi connectivity index (χ0) is 17.2. The van der Waals surface area contributed by atoms with Gasteiger partial charge in [-0.2, -0.15) is 0 Å². The summed E-state index contributed by atoms with van der Waals surface area (Å²) in [5.41, 5.74) is 1.36. The van der Waals surface area contributed by atoms with Crippen LogP contribution in [-0.2, 0) is 11.3 Å². The Bertz CT molecular complexity index is 723. The fourth-order valence-electron chi connectivity index (χ4n) is 3.85. The number of nitrogens with zero attached hydrogens (tertiary/aromatic N) is 1. The quantitative estimate of drug-likeness (QED) is 0.882. The first kappa shape index (κ1) is 16.8. The number of aryl methyl sites for hydroxylation is 1. The molecule has 4 rings (SSSR count). The monoisotopic (exact) mass is 354 g/mol. The molecule has 1 amide bonds. The molecule has 132 valence electrons. The summed E-state index contributed by atoms with van der Waals surface area (Å²) in [4.78, 5) is 17.7. The second-order valence-corrected chi connectivity index (χ2v) is 8.82. The first-order valence-electron chi connectivity index (χ1n) is 9.32. The van der Waals surface area contributed by atoms with Gasteiger partial charge in [0.25, 0.3) is 0 Å². The van der Waals surface area contributed by atoms with Crippen molar-refractivity contribution in [3.05, 3.63) is 57.8 Å². The number of thiophene rings is 1. The Labute approximate surface area is 154 Å². The van der Waals surface area contributed by atoms with Crippen LogP contribution in [0.3, 0.4) is 0 Å². The molecular weight excluding hydrogens is 328 g/mol. The van der Waals surface area contributed by atoms with Gasteiger partial charge in [-0.3, -0.25) is 9.69 Å². The highest BCUT2D eigenvalue weighted by molar-refractivity contribution is 7.11. The fraction of sp³-hybridized carbons (Fsp3) is 0.476. The molecule has 1 aliphatic heterocycles. The van der Waals surface area contributed by atoms with Crippen molar-refractivity contribution in [2.24, 2.45) is 5.92 Å². The van der Waals surface area contributed by atoms with E-state index in [2.05, 4.69) is 59.6 Å². The van der Waals surface area contributed by atoms with Crippen LogP contribution >= 0.6 is 11.3 Å². The third-order valence-corrected chi connectivity index (χ3v) is 6.36. The number of likely N-dealkylation sites (tertiary alicyclic amines) is 1. The molecule has 0 radical (unpaired) electrons. The number of hydrogen-bond acceptors (Lipinski definition) is 3. The zero-order valence-electron chi connectivity index (χ0n) is 14.8. The highest BCUT2D eigenvalue weighted by atomic mass is 32.1. The number of carbonyl (C=O) groups is 1. The van der Waals surface area contributed by atoms with E-state index in [-0.39, 0.29) is 17.9 Å². The van der Waals surface area contributed by atoms with Crippen molar-refractivity contribution in [1.82, 2.24) is 10.2 Å². The maximum Gasteiger partial charge on any atom is 0.223 e. The van der Waals surface area contributed by atoms with E-state index in [0.29, 0.717) is 5.92 Å². The summed E-state index contributed by atoms with van der Waals surface area (Å²) in [6.07, 6.45) is 3.23. The van der Waals surface area contributed by atoms with Crippen molar-refractivity contribution >= 4 is 17.2 Å². The Hall–Kier alpha value is -1.65. The number of rotatable bonds is 5. The number of benzene rings is 1. The number of piperidine rings is 1. The predicted molar refractivity (Wildman–Crippen MR) is 103 cm³/mol. The van der Waals surface area contributed by atoms with Gasteiger partial charge in [-0.15, -0.1) is 11.3 Å². The summed E-state index contributed by atoms with van der Waals surface area (Å²) in [5.74, 6) is 0.955. The lowest BCUT2D eigenvalue weighted by Gasteiger charge is -2.39. The van der Waals surface area contributed by atoms with Gasteiger partial charge < -0.3 is 5.32 Å². The molecular formula is C21H26N2OS. The molecule has 4 heteroatoms. The Morgan fingerprint density at radius 3 is 2.64 bits per heavy atom. The molecule has 0 spiro atoms. The number of amides is 1. The smallest absolute Gasteiger partial charge is 0.223 e. The minimum Gasteiger partial charge on any atom is -0.351 e. The van der Waals surface area contributed by atoms with E-state index in [4.69, 9.17) is 0 Å². The van der Waals surface area contributed by atoms with Crippen LogP contribution in [0.25, 0.3) is 0 Å². The van der Waals surface area contributed by atoms with Crippen molar-refractivity contribution in [2.45, 2.75) is 44.7 Å². The molecule has 2 heterocycles. The summed E-state index contributed by atoms with van der Waals surface area (Å²) in [5, 5.41) is 3.37. The number of carbonyl (C=O) groups excluding carboxylic acids is 1. The molecule has 2 fully saturated rings. The van der Waals surface area contributed by atoms with E-state index in [9.17, 15) is 4.79 Å². The lowest BCUT2D eigenvalue weighted by Crippen LogP contribution is -2.51. The molecule has 2 aromatic rings. The van der Waals surface area contributed by atoms with Crippen LogP contribution in [-0.4, -0.2) is 29.9 Å². The molecule has 25 heavy (non-hydrogen) atoms. The first-order valence-corrected chi connectivity index (χ1v) is 10.1. The minimum absolute atomic E-state index is 0.213. The second kappa shape index (κ2) is 7.30. The molecule has 0 bridgehead atoms. The molecule has 1 aliphatic carbocycles. The average molecular weight is 355 g/mol. The maximum absolute atomic E-state index is 12.4. The van der Waals surface area contributed by atoms with Crippen LogP contribution < -0.4 is 5.32 Å².